The van der Waals surface area contributed by atoms with Crippen LogP contribution in [0.25, 0.3) is 0 Å². The fraction of sp³-hybridized carbons (Fsp3) is 0.500. The highest BCUT2D eigenvalue weighted by molar-refractivity contribution is 5.98. The standard InChI is InChI=1S/C20H27N3O8/c1-4-21-20(27)22-18(25)13(2)31-19(26)14-5-6-15(16(11-14)28-3)30-12-17(24)23-7-9-29-10-8-23/h5-6,11,13H,4,7-10,12H2,1-3H3,(H2,21,22,25,27). The number of esters is 1. The van der Waals surface area contributed by atoms with Crippen molar-refractivity contribution in [2.45, 2.75) is 20.0 Å². The Labute approximate surface area is 179 Å². The Kier molecular flexibility index (Phi) is 9.07. The van der Waals surface area contributed by atoms with Crippen LogP contribution in [0.4, 0.5) is 4.79 Å². The third-order valence-electron chi connectivity index (χ3n) is 4.34. The van der Waals surface area contributed by atoms with Crippen LogP contribution in [-0.4, -0.2) is 81.4 Å². The number of amides is 4. The Morgan fingerprint density at radius 1 is 1.16 bits per heavy atom. The van der Waals surface area contributed by atoms with Crippen molar-refractivity contribution in [1.82, 2.24) is 15.5 Å². The monoisotopic (exact) mass is 437 g/mol. The fourth-order valence-corrected chi connectivity index (χ4v) is 2.66. The van der Waals surface area contributed by atoms with E-state index < -0.39 is 24.0 Å². The second kappa shape index (κ2) is 11.7. The molecule has 0 saturated carbocycles. The van der Waals surface area contributed by atoms with Gasteiger partial charge in [0.25, 0.3) is 11.8 Å². The molecule has 31 heavy (non-hydrogen) atoms. The van der Waals surface area contributed by atoms with Gasteiger partial charge in [-0.05, 0) is 32.0 Å². The number of nitrogens with one attached hydrogen (secondary N) is 2. The summed E-state index contributed by atoms with van der Waals surface area (Å²) in [4.78, 5) is 49.5. The van der Waals surface area contributed by atoms with Gasteiger partial charge < -0.3 is 29.2 Å². The summed E-state index contributed by atoms with van der Waals surface area (Å²) >= 11 is 0. The van der Waals surface area contributed by atoms with Crippen LogP contribution in [0.15, 0.2) is 18.2 Å². The molecule has 0 aliphatic carbocycles. The first kappa shape index (κ1) is 23.9. The van der Waals surface area contributed by atoms with Gasteiger partial charge in [-0.15, -0.1) is 0 Å². The smallest absolute Gasteiger partial charge is 0.339 e. The zero-order chi connectivity index (χ0) is 22.8. The van der Waals surface area contributed by atoms with Gasteiger partial charge in [0.15, 0.2) is 24.2 Å². The Hall–Kier alpha value is -3.34. The van der Waals surface area contributed by atoms with E-state index in [1.165, 1.54) is 32.2 Å². The predicted molar refractivity (Wildman–Crippen MR) is 108 cm³/mol. The largest absolute Gasteiger partial charge is 0.493 e. The molecule has 1 unspecified atom stereocenters. The maximum Gasteiger partial charge on any atom is 0.339 e. The number of carbonyl (C=O) groups excluding carboxylic acids is 4. The van der Waals surface area contributed by atoms with Crippen molar-refractivity contribution in [2.75, 3.05) is 46.6 Å². The summed E-state index contributed by atoms with van der Waals surface area (Å²) < 4.78 is 21.1. The highest BCUT2D eigenvalue weighted by Gasteiger charge is 2.22. The van der Waals surface area contributed by atoms with Crippen molar-refractivity contribution in [1.29, 1.82) is 0 Å². The minimum absolute atomic E-state index is 0.112. The topological polar surface area (TPSA) is 132 Å². The summed E-state index contributed by atoms with van der Waals surface area (Å²) in [7, 11) is 1.39. The summed E-state index contributed by atoms with van der Waals surface area (Å²) in [5, 5.41) is 4.47. The van der Waals surface area contributed by atoms with Crippen molar-refractivity contribution in [3.05, 3.63) is 23.8 Å². The molecule has 4 amide bonds. The van der Waals surface area contributed by atoms with Crippen LogP contribution in [0.5, 0.6) is 11.5 Å². The number of hydrogen-bond donors (Lipinski definition) is 2. The van der Waals surface area contributed by atoms with E-state index in [9.17, 15) is 19.2 Å². The van der Waals surface area contributed by atoms with Gasteiger partial charge in [0.2, 0.25) is 0 Å². The molecule has 1 fully saturated rings. The Balaban J connectivity index is 1.94. The van der Waals surface area contributed by atoms with E-state index >= 15 is 0 Å². The third kappa shape index (κ3) is 7.14. The number of benzene rings is 1. The van der Waals surface area contributed by atoms with Crippen LogP contribution in [0.2, 0.25) is 0 Å². The maximum absolute atomic E-state index is 12.4. The van der Waals surface area contributed by atoms with Gasteiger partial charge in [0.05, 0.1) is 25.9 Å². The zero-order valence-corrected chi connectivity index (χ0v) is 17.8. The van der Waals surface area contributed by atoms with E-state index in [1.807, 2.05) is 0 Å². The van der Waals surface area contributed by atoms with Crippen LogP contribution in [0.3, 0.4) is 0 Å². The number of hydrogen-bond acceptors (Lipinski definition) is 8. The number of imide groups is 1. The molecule has 11 heteroatoms. The number of ether oxygens (including phenoxy) is 4. The predicted octanol–water partition coefficient (Wildman–Crippen LogP) is 0.324. The first-order chi connectivity index (χ1) is 14.8. The van der Waals surface area contributed by atoms with Crippen molar-refractivity contribution in [3.8, 4) is 11.5 Å². The molecule has 1 atom stereocenters. The van der Waals surface area contributed by atoms with E-state index in [4.69, 9.17) is 18.9 Å². The van der Waals surface area contributed by atoms with Crippen LogP contribution in [0.1, 0.15) is 24.2 Å². The van der Waals surface area contributed by atoms with E-state index in [0.717, 1.165) is 0 Å². The lowest BCUT2D eigenvalue weighted by atomic mass is 10.2. The Morgan fingerprint density at radius 3 is 2.52 bits per heavy atom. The molecule has 0 spiro atoms. The minimum Gasteiger partial charge on any atom is -0.493 e. The van der Waals surface area contributed by atoms with E-state index in [-0.39, 0.29) is 29.6 Å². The number of morpholine rings is 1. The number of nitrogens with zero attached hydrogens (tertiary/aromatic N) is 1. The molecule has 1 aliphatic heterocycles. The normalized spacial score (nSPS) is 14.2. The molecule has 0 bridgehead atoms. The van der Waals surface area contributed by atoms with E-state index in [2.05, 4.69) is 10.6 Å². The number of urea groups is 1. The SMILES string of the molecule is CCNC(=O)NC(=O)C(C)OC(=O)c1ccc(OCC(=O)N2CCOCC2)c(OC)c1. The first-order valence-electron chi connectivity index (χ1n) is 9.81. The lowest BCUT2D eigenvalue weighted by Crippen LogP contribution is -2.44. The van der Waals surface area contributed by atoms with Crippen LogP contribution in [-0.2, 0) is 19.1 Å². The van der Waals surface area contributed by atoms with Crippen LogP contribution in [0, 0.1) is 0 Å². The fourth-order valence-electron chi connectivity index (χ4n) is 2.66. The first-order valence-corrected chi connectivity index (χ1v) is 9.81. The summed E-state index contributed by atoms with van der Waals surface area (Å²) in [6.45, 7) is 5.21. The van der Waals surface area contributed by atoms with Gasteiger partial charge in [0, 0.05) is 19.6 Å². The van der Waals surface area contributed by atoms with E-state index in [1.54, 1.807) is 11.8 Å². The summed E-state index contributed by atoms with van der Waals surface area (Å²) in [5.41, 5.74) is 0.112. The quantitative estimate of drug-likeness (QED) is 0.556. The molecule has 2 rings (SSSR count). The van der Waals surface area contributed by atoms with Crippen LogP contribution < -0.4 is 20.1 Å². The van der Waals surface area contributed by atoms with Gasteiger partial charge in [-0.25, -0.2) is 9.59 Å². The molecule has 1 saturated heterocycles. The van der Waals surface area contributed by atoms with Gasteiger partial charge >= 0.3 is 12.0 Å². The molecule has 1 aromatic carbocycles. The van der Waals surface area contributed by atoms with Crippen molar-refractivity contribution < 1.29 is 38.1 Å². The van der Waals surface area contributed by atoms with Crippen molar-refractivity contribution in [2.24, 2.45) is 0 Å². The van der Waals surface area contributed by atoms with Gasteiger partial charge in [0.1, 0.15) is 0 Å². The highest BCUT2D eigenvalue weighted by Crippen LogP contribution is 2.28. The third-order valence-corrected chi connectivity index (χ3v) is 4.34. The molecule has 170 valence electrons. The van der Waals surface area contributed by atoms with Gasteiger partial charge in [-0.2, -0.15) is 0 Å². The number of methoxy groups -OCH3 is 1. The Bertz CT molecular complexity index is 808. The lowest BCUT2D eigenvalue weighted by molar-refractivity contribution is -0.137. The molecule has 1 aliphatic rings. The molecule has 0 radical (unpaired) electrons. The molecule has 11 nitrogen and oxygen atoms in total. The average Bonchev–Trinajstić information content (AvgIpc) is 2.77. The van der Waals surface area contributed by atoms with Crippen molar-refractivity contribution in [3.63, 3.8) is 0 Å². The summed E-state index contributed by atoms with van der Waals surface area (Å²) in [6.07, 6.45) is -1.19. The molecule has 0 aromatic heterocycles. The molecular weight excluding hydrogens is 410 g/mol. The van der Waals surface area contributed by atoms with Gasteiger partial charge in [-0.1, -0.05) is 0 Å². The second-order valence-electron chi connectivity index (χ2n) is 6.54. The van der Waals surface area contributed by atoms with Crippen molar-refractivity contribution >= 4 is 23.8 Å². The molecular formula is C20H27N3O8. The number of carbonyl (C=O) groups is 4. The zero-order valence-electron chi connectivity index (χ0n) is 17.8. The van der Waals surface area contributed by atoms with E-state index in [0.29, 0.717) is 32.8 Å². The second-order valence-corrected chi connectivity index (χ2v) is 6.54. The average molecular weight is 437 g/mol. The Morgan fingerprint density at radius 2 is 1.87 bits per heavy atom. The molecule has 1 heterocycles. The van der Waals surface area contributed by atoms with Gasteiger partial charge in [-0.3, -0.25) is 14.9 Å². The summed E-state index contributed by atoms with van der Waals surface area (Å²) in [5.74, 6) is -1.22. The van der Waals surface area contributed by atoms with Crippen LogP contribution >= 0.6 is 0 Å². The highest BCUT2D eigenvalue weighted by atomic mass is 16.5. The maximum atomic E-state index is 12.4. The minimum atomic E-state index is -1.19. The molecule has 2 N–H and O–H groups in total. The lowest BCUT2D eigenvalue weighted by Gasteiger charge is -2.26. The summed E-state index contributed by atoms with van der Waals surface area (Å²) in [6, 6.07) is 3.60. The number of rotatable bonds is 8. The molecule has 1 aromatic rings.